The zero-order valence-electron chi connectivity index (χ0n) is 13.1. The SMILES string of the molecule is O=C(Cc1ccccc1)c1cc2cc(-c3ccncc3)ccc2[nH]1. The van der Waals surface area contributed by atoms with Gasteiger partial charge < -0.3 is 4.98 Å². The highest BCUT2D eigenvalue weighted by Crippen LogP contribution is 2.25. The van der Waals surface area contributed by atoms with Crippen molar-refractivity contribution in [3.63, 3.8) is 0 Å². The number of fused-ring (bicyclic) bond motifs is 1. The molecule has 0 spiro atoms. The lowest BCUT2D eigenvalue weighted by molar-refractivity contribution is 0.0989. The molecule has 1 N–H and O–H groups in total. The monoisotopic (exact) mass is 312 g/mol. The molecule has 3 heteroatoms. The van der Waals surface area contributed by atoms with E-state index in [2.05, 4.69) is 22.1 Å². The van der Waals surface area contributed by atoms with Crippen molar-refractivity contribution in [1.82, 2.24) is 9.97 Å². The molecule has 2 aromatic carbocycles. The molecule has 0 fully saturated rings. The fourth-order valence-corrected chi connectivity index (χ4v) is 2.88. The summed E-state index contributed by atoms with van der Waals surface area (Å²) >= 11 is 0. The van der Waals surface area contributed by atoms with E-state index in [0.29, 0.717) is 12.1 Å². The Balaban J connectivity index is 1.65. The second-order valence-electron chi connectivity index (χ2n) is 5.81. The summed E-state index contributed by atoms with van der Waals surface area (Å²) in [7, 11) is 0. The molecular weight excluding hydrogens is 296 g/mol. The van der Waals surface area contributed by atoms with Crippen molar-refractivity contribution in [3.05, 3.63) is 90.4 Å². The van der Waals surface area contributed by atoms with Gasteiger partial charge in [-0.25, -0.2) is 0 Å². The first kappa shape index (κ1) is 14.4. The van der Waals surface area contributed by atoms with Gasteiger partial charge in [0.25, 0.3) is 0 Å². The van der Waals surface area contributed by atoms with Crippen LogP contribution in [0.15, 0.2) is 79.1 Å². The molecule has 116 valence electrons. The van der Waals surface area contributed by atoms with Crippen LogP contribution >= 0.6 is 0 Å². The molecule has 0 unspecified atom stereocenters. The number of carbonyl (C=O) groups excluding carboxylic acids is 1. The first-order valence-corrected chi connectivity index (χ1v) is 7.90. The maximum atomic E-state index is 12.5. The minimum atomic E-state index is 0.0999. The van der Waals surface area contributed by atoms with Crippen LogP contribution in [0.4, 0.5) is 0 Å². The Hall–Kier alpha value is -3.20. The Bertz CT molecular complexity index is 988. The third-order valence-electron chi connectivity index (χ3n) is 4.14. The molecule has 0 saturated carbocycles. The number of carbonyl (C=O) groups is 1. The van der Waals surface area contributed by atoms with Gasteiger partial charge in [-0.15, -0.1) is 0 Å². The fourth-order valence-electron chi connectivity index (χ4n) is 2.88. The summed E-state index contributed by atoms with van der Waals surface area (Å²) in [5, 5.41) is 1.04. The zero-order chi connectivity index (χ0) is 16.4. The van der Waals surface area contributed by atoms with Gasteiger partial charge in [0.05, 0.1) is 5.69 Å². The molecule has 4 rings (SSSR count). The Morgan fingerprint density at radius 3 is 2.46 bits per heavy atom. The van der Waals surface area contributed by atoms with Crippen LogP contribution in [-0.4, -0.2) is 15.8 Å². The minimum absolute atomic E-state index is 0.0999. The van der Waals surface area contributed by atoms with Crippen LogP contribution in [0.5, 0.6) is 0 Å². The van der Waals surface area contributed by atoms with E-state index in [-0.39, 0.29) is 5.78 Å². The molecule has 2 heterocycles. The van der Waals surface area contributed by atoms with Crippen LogP contribution in [0.3, 0.4) is 0 Å². The number of nitrogens with one attached hydrogen (secondary N) is 1. The zero-order valence-corrected chi connectivity index (χ0v) is 13.1. The standard InChI is InChI=1S/C21H16N2O/c24-21(12-15-4-2-1-3-5-15)20-14-18-13-17(6-7-19(18)23-20)16-8-10-22-11-9-16/h1-11,13-14,23H,12H2. The summed E-state index contributed by atoms with van der Waals surface area (Å²) in [5.41, 5.74) is 4.89. The van der Waals surface area contributed by atoms with Gasteiger partial charge in [-0.1, -0.05) is 36.4 Å². The summed E-state index contributed by atoms with van der Waals surface area (Å²) in [6, 6.07) is 21.9. The predicted molar refractivity (Wildman–Crippen MR) is 96.0 cm³/mol. The van der Waals surface area contributed by atoms with E-state index in [9.17, 15) is 4.79 Å². The van der Waals surface area contributed by atoms with Crippen LogP contribution in [0.1, 0.15) is 16.1 Å². The van der Waals surface area contributed by atoms with E-state index in [0.717, 1.165) is 27.6 Å². The van der Waals surface area contributed by atoms with Gasteiger partial charge in [-0.3, -0.25) is 9.78 Å². The lowest BCUT2D eigenvalue weighted by atomic mass is 10.0. The van der Waals surface area contributed by atoms with Crippen molar-refractivity contribution in [2.24, 2.45) is 0 Å². The van der Waals surface area contributed by atoms with Gasteiger partial charge in [0.15, 0.2) is 5.78 Å². The molecule has 0 amide bonds. The van der Waals surface area contributed by atoms with Crippen LogP contribution < -0.4 is 0 Å². The van der Waals surface area contributed by atoms with E-state index < -0.39 is 0 Å². The number of hydrogen-bond donors (Lipinski definition) is 1. The molecular formula is C21H16N2O. The van der Waals surface area contributed by atoms with Gasteiger partial charge >= 0.3 is 0 Å². The third-order valence-corrected chi connectivity index (χ3v) is 4.14. The molecule has 0 radical (unpaired) electrons. The van der Waals surface area contributed by atoms with Crippen LogP contribution in [-0.2, 0) is 6.42 Å². The number of aromatic amines is 1. The number of aromatic nitrogens is 2. The average Bonchev–Trinajstić information content (AvgIpc) is 3.07. The van der Waals surface area contributed by atoms with E-state index in [4.69, 9.17) is 0 Å². The second kappa shape index (κ2) is 6.13. The molecule has 0 saturated heterocycles. The van der Waals surface area contributed by atoms with Crippen molar-refractivity contribution in [1.29, 1.82) is 0 Å². The summed E-state index contributed by atoms with van der Waals surface area (Å²) in [6.07, 6.45) is 3.97. The lowest BCUT2D eigenvalue weighted by Crippen LogP contribution is -2.03. The van der Waals surface area contributed by atoms with Crippen molar-refractivity contribution in [3.8, 4) is 11.1 Å². The summed E-state index contributed by atoms with van der Waals surface area (Å²) in [4.78, 5) is 19.8. The van der Waals surface area contributed by atoms with E-state index in [1.807, 2.05) is 54.6 Å². The van der Waals surface area contributed by atoms with Crippen LogP contribution in [0, 0.1) is 0 Å². The van der Waals surface area contributed by atoms with Gasteiger partial charge in [-0.05, 0) is 47.0 Å². The van der Waals surface area contributed by atoms with E-state index in [1.165, 1.54) is 0 Å². The van der Waals surface area contributed by atoms with Gasteiger partial charge in [-0.2, -0.15) is 0 Å². The third kappa shape index (κ3) is 2.84. The molecule has 24 heavy (non-hydrogen) atoms. The molecule has 0 atom stereocenters. The number of benzene rings is 2. The van der Waals surface area contributed by atoms with Crippen molar-refractivity contribution < 1.29 is 4.79 Å². The second-order valence-corrected chi connectivity index (χ2v) is 5.81. The average molecular weight is 312 g/mol. The Morgan fingerprint density at radius 1 is 0.875 bits per heavy atom. The minimum Gasteiger partial charge on any atom is -0.352 e. The van der Waals surface area contributed by atoms with E-state index >= 15 is 0 Å². The Labute approximate surface area is 140 Å². The number of rotatable bonds is 4. The topological polar surface area (TPSA) is 45.8 Å². The summed E-state index contributed by atoms with van der Waals surface area (Å²) in [6.45, 7) is 0. The Kier molecular flexibility index (Phi) is 3.67. The van der Waals surface area contributed by atoms with Crippen LogP contribution in [0.25, 0.3) is 22.0 Å². The maximum absolute atomic E-state index is 12.5. The lowest BCUT2D eigenvalue weighted by Gasteiger charge is -2.00. The highest BCUT2D eigenvalue weighted by Gasteiger charge is 2.11. The number of hydrogen-bond acceptors (Lipinski definition) is 2. The molecule has 2 aromatic heterocycles. The number of H-pyrrole nitrogens is 1. The molecule has 0 aliphatic carbocycles. The van der Waals surface area contributed by atoms with Gasteiger partial charge in [0.1, 0.15) is 0 Å². The number of Topliss-reactive ketones (excluding diaryl/α,β-unsaturated/α-hetero) is 1. The normalized spacial score (nSPS) is 10.8. The largest absolute Gasteiger partial charge is 0.352 e. The summed E-state index contributed by atoms with van der Waals surface area (Å²) in [5.74, 6) is 0.0999. The smallest absolute Gasteiger partial charge is 0.183 e. The van der Waals surface area contributed by atoms with Crippen molar-refractivity contribution in [2.75, 3.05) is 0 Å². The highest BCUT2D eigenvalue weighted by molar-refractivity contribution is 6.01. The van der Waals surface area contributed by atoms with Crippen molar-refractivity contribution in [2.45, 2.75) is 6.42 Å². The maximum Gasteiger partial charge on any atom is 0.183 e. The number of nitrogens with zero attached hydrogens (tertiary/aromatic N) is 1. The number of ketones is 1. The molecule has 0 aliphatic rings. The highest BCUT2D eigenvalue weighted by atomic mass is 16.1. The molecule has 3 nitrogen and oxygen atoms in total. The molecule has 4 aromatic rings. The Morgan fingerprint density at radius 2 is 1.67 bits per heavy atom. The predicted octanol–water partition coefficient (Wildman–Crippen LogP) is 4.66. The molecule has 0 bridgehead atoms. The molecule has 0 aliphatic heterocycles. The quantitative estimate of drug-likeness (QED) is 0.557. The first-order chi connectivity index (χ1) is 11.8. The van der Waals surface area contributed by atoms with Crippen molar-refractivity contribution >= 4 is 16.7 Å². The van der Waals surface area contributed by atoms with E-state index in [1.54, 1.807) is 12.4 Å². The number of pyridine rings is 1. The van der Waals surface area contributed by atoms with Crippen LogP contribution in [0.2, 0.25) is 0 Å². The van der Waals surface area contributed by atoms with Gasteiger partial charge in [0, 0.05) is 29.7 Å². The van der Waals surface area contributed by atoms with Gasteiger partial charge in [0.2, 0.25) is 0 Å². The first-order valence-electron chi connectivity index (χ1n) is 7.90. The fraction of sp³-hybridized carbons (Fsp3) is 0.0476. The summed E-state index contributed by atoms with van der Waals surface area (Å²) < 4.78 is 0.